The van der Waals surface area contributed by atoms with Gasteiger partial charge in [0.15, 0.2) is 0 Å². The van der Waals surface area contributed by atoms with E-state index in [0.717, 1.165) is 24.9 Å². The van der Waals surface area contributed by atoms with Crippen molar-refractivity contribution in [2.75, 3.05) is 5.32 Å². The molecule has 0 heterocycles. The Hall–Kier alpha value is -1.73. The van der Waals surface area contributed by atoms with Crippen molar-refractivity contribution in [3.8, 4) is 6.07 Å². The van der Waals surface area contributed by atoms with E-state index < -0.39 is 5.97 Å². The summed E-state index contributed by atoms with van der Waals surface area (Å²) in [5, 5.41) is 21.6. The molecule has 2 atom stereocenters. The van der Waals surface area contributed by atoms with Crippen molar-refractivity contribution in [1.29, 1.82) is 5.26 Å². The van der Waals surface area contributed by atoms with Crippen LogP contribution in [0.1, 0.15) is 31.2 Å². The fraction of sp³-hybridized carbons (Fsp3) is 0.429. The average Bonchev–Trinajstić information content (AvgIpc) is 2.41. The van der Waals surface area contributed by atoms with Crippen LogP contribution in [0.5, 0.6) is 0 Å². The van der Waals surface area contributed by atoms with E-state index in [1.807, 2.05) is 6.07 Å². The third-order valence-corrected chi connectivity index (χ3v) is 3.79. The third kappa shape index (κ3) is 3.39. The van der Waals surface area contributed by atoms with E-state index in [-0.39, 0.29) is 12.0 Å². The van der Waals surface area contributed by atoms with Crippen LogP contribution in [0.25, 0.3) is 0 Å². The van der Waals surface area contributed by atoms with Gasteiger partial charge in [-0.25, -0.2) is 0 Å². The second-order valence-electron chi connectivity index (χ2n) is 4.85. The summed E-state index contributed by atoms with van der Waals surface area (Å²) >= 11 is 6.10. The zero-order valence-corrected chi connectivity index (χ0v) is 11.2. The van der Waals surface area contributed by atoms with Gasteiger partial charge < -0.3 is 10.4 Å². The zero-order valence-electron chi connectivity index (χ0n) is 10.4. The SMILES string of the molecule is N#Cc1ccc(NC2CCCC(C(=O)O)C2)c(Cl)c1. The number of anilines is 1. The van der Waals surface area contributed by atoms with E-state index in [1.54, 1.807) is 18.2 Å². The molecule has 1 aromatic rings. The monoisotopic (exact) mass is 278 g/mol. The molecule has 4 nitrogen and oxygen atoms in total. The highest BCUT2D eigenvalue weighted by molar-refractivity contribution is 6.33. The summed E-state index contributed by atoms with van der Waals surface area (Å²) in [5.74, 6) is -0.999. The number of carbonyl (C=O) groups is 1. The highest BCUT2D eigenvalue weighted by Gasteiger charge is 2.27. The van der Waals surface area contributed by atoms with Gasteiger partial charge in [0.2, 0.25) is 0 Å². The molecule has 5 heteroatoms. The number of benzene rings is 1. The minimum absolute atomic E-state index is 0.125. The fourth-order valence-corrected chi connectivity index (χ4v) is 2.70. The van der Waals surface area contributed by atoms with Crippen LogP contribution in [0.4, 0.5) is 5.69 Å². The molecule has 0 aromatic heterocycles. The molecule has 1 aliphatic carbocycles. The summed E-state index contributed by atoms with van der Waals surface area (Å²) in [6.45, 7) is 0. The summed E-state index contributed by atoms with van der Waals surface area (Å²) in [6, 6.07) is 7.24. The largest absolute Gasteiger partial charge is 0.481 e. The van der Waals surface area contributed by atoms with Gasteiger partial charge in [-0.05, 0) is 37.5 Å². The summed E-state index contributed by atoms with van der Waals surface area (Å²) in [6.07, 6.45) is 3.21. The maximum atomic E-state index is 11.0. The lowest BCUT2D eigenvalue weighted by molar-refractivity contribution is -0.142. The second kappa shape index (κ2) is 5.94. The number of halogens is 1. The number of nitrogens with zero attached hydrogens (tertiary/aromatic N) is 1. The van der Waals surface area contributed by atoms with Crippen molar-refractivity contribution in [3.05, 3.63) is 28.8 Å². The first kappa shape index (κ1) is 13.7. The van der Waals surface area contributed by atoms with Gasteiger partial charge in [-0.15, -0.1) is 0 Å². The van der Waals surface area contributed by atoms with E-state index in [0.29, 0.717) is 17.0 Å². The fourth-order valence-electron chi connectivity index (χ4n) is 2.47. The van der Waals surface area contributed by atoms with E-state index in [1.165, 1.54) is 0 Å². The number of aliphatic carboxylic acids is 1. The van der Waals surface area contributed by atoms with Crippen LogP contribution < -0.4 is 5.32 Å². The lowest BCUT2D eigenvalue weighted by Crippen LogP contribution is -2.31. The van der Waals surface area contributed by atoms with E-state index >= 15 is 0 Å². The van der Waals surface area contributed by atoms with E-state index in [4.69, 9.17) is 22.0 Å². The number of hydrogen-bond acceptors (Lipinski definition) is 3. The van der Waals surface area contributed by atoms with Crippen molar-refractivity contribution in [3.63, 3.8) is 0 Å². The van der Waals surface area contributed by atoms with Crippen molar-refractivity contribution in [1.82, 2.24) is 0 Å². The number of hydrogen-bond donors (Lipinski definition) is 2. The van der Waals surface area contributed by atoms with Crippen molar-refractivity contribution < 1.29 is 9.90 Å². The van der Waals surface area contributed by atoms with Crippen LogP contribution in [-0.4, -0.2) is 17.1 Å². The third-order valence-electron chi connectivity index (χ3n) is 3.48. The normalized spacial score (nSPS) is 22.5. The maximum absolute atomic E-state index is 11.0. The highest BCUT2D eigenvalue weighted by atomic mass is 35.5. The Labute approximate surface area is 117 Å². The molecule has 2 rings (SSSR count). The number of nitriles is 1. The first-order valence-electron chi connectivity index (χ1n) is 6.29. The smallest absolute Gasteiger partial charge is 0.306 e. The van der Waals surface area contributed by atoms with Crippen molar-refractivity contribution >= 4 is 23.3 Å². The Bertz CT molecular complexity index is 525. The number of carboxylic acids is 1. The molecular weight excluding hydrogens is 264 g/mol. The predicted molar refractivity (Wildman–Crippen MR) is 73.2 cm³/mol. The number of rotatable bonds is 3. The summed E-state index contributed by atoms with van der Waals surface area (Å²) in [4.78, 5) is 11.0. The minimum atomic E-state index is -0.725. The molecule has 19 heavy (non-hydrogen) atoms. The minimum Gasteiger partial charge on any atom is -0.481 e. The van der Waals surface area contributed by atoms with Crippen LogP contribution in [0, 0.1) is 17.2 Å². The molecule has 0 spiro atoms. The molecule has 2 unspecified atom stereocenters. The summed E-state index contributed by atoms with van der Waals surface area (Å²) in [5.41, 5.74) is 1.28. The second-order valence-corrected chi connectivity index (χ2v) is 5.26. The van der Waals surface area contributed by atoms with Crippen LogP contribution in [0.3, 0.4) is 0 Å². The number of carboxylic acid groups (broad SMARTS) is 1. The Balaban J connectivity index is 2.05. The molecule has 2 N–H and O–H groups in total. The number of nitrogens with one attached hydrogen (secondary N) is 1. The van der Waals surface area contributed by atoms with Crippen molar-refractivity contribution in [2.24, 2.45) is 5.92 Å². The van der Waals surface area contributed by atoms with Gasteiger partial charge in [0, 0.05) is 6.04 Å². The van der Waals surface area contributed by atoms with Gasteiger partial charge in [-0.2, -0.15) is 5.26 Å². The van der Waals surface area contributed by atoms with Crippen LogP contribution >= 0.6 is 11.6 Å². The summed E-state index contributed by atoms with van der Waals surface area (Å²) < 4.78 is 0. The molecule has 1 fully saturated rings. The molecule has 100 valence electrons. The van der Waals surface area contributed by atoms with Crippen LogP contribution in [0.15, 0.2) is 18.2 Å². The lowest BCUT2D eigenvalue weighted by atomic mass is 9.85. The van der Waals surface area contributed by atoms with Gasteiger partial charge in [-0.1, -0.05) is 18.0 Å². The lowest BCUT2D eigenvalue weighted by Gasteiger charge is -2.28. The van der Waals surface area contributed by atoms with Crippen molar-refractivity contribution in [2.45, 2.75) is 31.7 Å². The van der Waals surface area contributed by atoms with Crippen LogP contribution in [0.2, 0.25) is 5.02 Å². The van der Waals surface area contributed by atoms with E-state index in [9.17, 15) is 4.79 Å². The van der Waals surface area contributed by atoms with Crippen LogP contribution in [-0.2, 0) is 4.79 Å². The first-order chi connectivity index (χ1) is 9.10. The first-order valence-corrected chi connectivity index (χ1v) is 6.67. The predicted octanol–water partition coefficient (Wildman–Crippen LogP) is 3.27. The molecule has 0 saturated heterocycles. The Morgan fingerprint density at radius 3 is 2.89 bits per heavy atom. The van der Waals surface area contributed by atoms with Gasteiger partial charge in [0.25, 0.3) is 0 Å². The molecule has 1 aromatic carbocycles. The van der Waals surface area contributed by atoms with Gasteiger partial charge in [-0.3, -0.25) is 4.79 Å². The average molecular weight is 279 g/mol. The maximum Gasteiger partial charge on any atom is 0.306 e. The van der Waals surface area contributed by atoms with Gasteiger partial charge in [0.1, 0.15) is 0 Å². The Morgan fingerprint density at radius 2 is 2.26 bits per heavy atom. The van der Waals surface area contributed by atoms with E-state index in [2.05, 4.69) is 5.32 Å². The van der Waals surface area contributed by atoms with Gasteiger partial charge >= 0.3 is 5.97 Å². The topological polar surface area (TPSA) is 73.1 Å². The molecule has 1 saturated carbocycles. The Kier molecular flexibility index (Phi) is 4.28. The Morgan fingerprint density at radius 1 is 1.47 bits per heavy atom. The molecule has 0 amide bonds. The standard InChI is InChI=1S/C14H15ClN2O2/c15-12-6-9(8-16)4-5-13(12)17-11-3-1-2-10(7-11)14(18)19/h4-6,10-11,17H,1-3,7H2,(H,18,19). The molecule has 0 radical (unpaired) electrons. The molecule has 0 aliphatic heterocycles. The summed E-state index contributed by atoms with van der Waals surface area (Å²) in [7, 11) is 0. The molecule has 0 bridgehead atoms. The molecule has 1 aliphatic rings. The quantitative estimate of drug-likeness (QED) is 0.890. The molecular formula is C14H15ClN2O2. The highest BCUT2D eigenvalue weighted by Crippen LogP contribution is 2.30. The van der Waals surface area contributed by atoms with Gasteiger partial charge in [0.05, 0.1) is 28.3 Å². The zero-order chi connectivity index (χ0) is 13.8.